The van der Waals surface area contributed by atoms with Gasteiger partial charge in [-0.2, -0.15) is 0 Å². The van der Waals surface area contributed by atoms with E-state index in [1.54, 1.807) is 7.11 Å². The lowest BCUT2D eigenvalue weighted by Crippen LogP contribution is -2.22. The highest BCUT2D eigenvalue weighted by molar-refractivity contribution is 5.27. The van der Waals surface area contributed by atoms with Gasteiger partial charge in [0.1, 0.15) is 5.75 Å². The Balaban J connectivity index is 2.43. The highest BCUT2D eigenvalue weighted by atomic mass is 16.5. The zero-order chi connectivity index (χ0) is 12.0. The average Bonchev–Trinajstić information content (AvgIpc) is 2.27. The average molecular weight is 219 g/mol. The van der Waals surface area contributed by atoms with Gasteiger partial charge in [-0.1, -0.05) is 17.7 Å². The summed E-state index contributed by atoms with van der Waals surface area (Å²) < 4.78 is 5.11. The van der Waals surface area contributed by atoms with E-state index in [2.05, 4.69) is 18.7 Å². The first kappa shape index (κ1) is 12.8. The van der Waals surface area contributed by atoms with E-state index >= 15 is 0 Å². The molecule has 0 heterocycles. The second-order valence-electron chi connectivity index (χ2n) is 4.31. The molecule has 0 spiro atoms. The molecule has 0 bridgehead atoms. The summed E-state index contributed by atoms with van der Waals surface area (Å²) in [7, 11) is 1.67. The molecular weight excluding hydrogens is 198 g/mol. The third-order valence-electron chi connectivity index (χ3n) is 2.60. The Kier molecular flexibility index (Phi) is 5.06. The summed E-state index contributed by atoms with van der Waals surface area (Å²) in [5, 5.41) is 0. The molecular formula is C14H21NO. The number of rotatable bonds is 6. The number of methoxy groups -OCH3 is 1. The van der Waals surface area contributed by atoms with E-state index in [-0.39, 0.29) is 6.04 Å². The summed E-state index contributed by atoms with van der Waals surface area (Å²) in [6.07, 6.45) is 2.93. The molecule has 1 rings (SSSR count). The molecule has 0 aliphatic rings. The van der Waals surface area contributed by atoms with Crippen LogP contribution in [0.5, 0.6) is 5.75 Å². The van der Waals surface area contributed by atoms with Crippen LogP contribution in [-0.2, 0) is 6.42 Å². The fourth-order valence-corrected chi connectivity index (χ4v) is 1.60. The van der Waals surface area contributed by atoms with Crippen molar-refractivity contribution >= 4 is 0 Å². The third kappa shape index (κ3) is 4.49. The Morgan fingerprint density at radius 3 is 2.50 bits per heavy atom. The van der Waals surface area contributed by atoms with Crippen LogP contribution in [0.3, 0.4) is 0 Å². The van der Waals surface area contributed by atoms with Crippen LogP contribution in [-0.4, -0.2) is 13.2 Å². The number of nitrogens with two attached hydrogens (primary N) is 1. The molecule has 1 atom stereocenters. The van der Waals surface area contributed by atoms with Gasteiger partial charge in [0.15, 0.2) is 0 Å². The SMILES string of the molecule is C=C(C)CCC(N)Cc1ccc(OC)cc1. The Hall–Kier alpha value is -1.28. The number of hydrogen-bond acceptors (Lipinski definition) is 2. The first-order valence-corrected chi connectivity index (χ1v) is 5.64. The summed E-state index contributed by atoms with van der Waals surface area (Å²) in [6.45, 7) is 5.93. The summed E-state index contributed by atoms with van der Waals surface area (Å²) in [6, 6.07) is 8.30. The van der Waals surface area contributed by atoms with E-state index in [0.717, 1.165) is 25.0 Å². The normalized spacial score (nSPS) is 12.2. The van der Waals surface area contributed by atoms with Crippen molar-refractivity contribution in [2.75, 3.05) is 7.11 Å². The maximum atomic E-state index is 6.05. The van der Waals surface area contributed by atoms with Crippen LogP contribution in [0.4, 0.5) is 0 Å². The van der Waals surface area contributed by atoms with Crippen molar-refractivity contribution in [3.05, 3.63) is 42.0 Å². The van der Waals surface area contributed by atoms with Gasteiger partial charge in [0.2, 0.25) is 0 Å². The Labute approximate surface area is 98.1 Å². The van der Waals surface area contributed by atoms with Crippen molar-refractivity contribution in [3.63, 3.8) is 0 Å². The molecule has 2 nitrogen and oxygen atoms in total. The molecule has 0 radical (unpaired) electrons. The largest absolute Gasteiger partial charge is 0.497 e. The minimum absolute atomic E-state index is 0.213. The fourth-order valence-electron chi connectivity index (χ4n) is 1.60. The van der Waals surface area contributed by atoms with Crippen LogP contribution in [0.1, 0.15) is 25.3 Å². The maximum absolute atomic E-state index is 6.05. The minimum atomic E-state index is 0.213. The van der Waals surface area contributed by atoms with Gasteiger partial charge in [-0.15, -0.1) is 6.58 Å². The first-order valence-electron chi connectivity index (χ1n) is 5.64. The maximum Gasteiger partial charge on any atom is 0.118 e. The topological polar surface area (TPSA) is 35.2 Å². The van der Waals surface area contributed by atoms with Gasteiger partial charge in [0.25, 0.3) is 0 Å². The summed E-state index contributed by atoms with van der Waals surface area (Å²) in [5.74, 6) is 0.888. The molecule has 0 amide bonds. The lowest BCUT2D eigenvalue weighted by Gasteiger charge is -2.11. The second kappa shape index (κ2) is 6.33. The van der Waals surface area contributed by atoms with Crippen molar-refractivity contribution < 1.29 is 4.74 Å². The van der Waals surface area contributed by atoms with Gasteiger partial charge in [-0.25, -0.2) is 0 Å². The Morgan fingerprint density at radius 1 is 1.38 bits per heavy atom. The molecule has 0 aliphatic carbocycles. The minimum Gasteiger partial charge on any atom is -0.497 e. The summed E-state index contributed by atoms with van der Waals surface area (Å²) in [4.78, 5) is 0. The van der Waals surface area contributed by atoms with Gasteiger partial charge in [0.05, 0.1) is 7.11 Å². The number of benzene rings is 1. The molecule has 0 saturated carbocycles. The predicted molar refractivity (Wildman–Crippen MR) is 68.7 cm³/mol. The van der Waals surface area contributed by atoms with E-state index < -0.39 is 0 Å². The fraction of sp³-hybridized carbons (Fsp3) is 0.429. The molecule has 88 valence electrons. The van der Waals surface area contributed by atoms with Gasteiger partial charge >= 0.3 is 0 Å². The number of ether oxygens (including phenoxy) is 1. The molecule has 0 aliphatic heterocycles. The second-order valence-corrected chi connectivity index (χ2v) is 4.31. The molecule has 0 fully saturated rings. The highest BCUT2D eigenvalue weighted by Gasteiger charge is 2.04. The van der Waals surface area contributed by atoms with Gasteiger partial charge in [0, 0.05) is 6.04 Å². The third-order valence-corrected chi connectivity index (χ3v) is 2.60. The lowest BCUT2D eigenvalue weighted by atomic mass is 10.0. The molecule has 1 aromatic carbocycles. The molecule has 1 aromatic rings. The quantitative estimate of drug-likeness (QED) is 0.747. The van der Waals surface area contributed by atoms with E-state index in [1.807, 2.05) is 19.1 Å². The first-order chi connectivity index (χ1) is 7.61. The van der Waals surface area contributed by atoms with Gasteiger partial charge in [-0.05, 0) is 43.9 Å². The van der Waals surface area contributed by atoms with Crippen LogP contribution in [0.25, 0.3) is 0 Å². The van der Waals surface area contributed by atoms with E-state index in [4.69, 9.17) is 10.5 Å². The van der Waals surface area contributed by atoms with Crippen LogP contribution < -0.4 is 10.5 Å². The molecule has 2 N–H and O–H groups in total. The van der Waals surface area contributed by atoms with Crippen LogP contribution in [0.15, 0.2) is 36.4 Å². The van der Waals surface area contributed by atoms with E-state index in [9.17, 15) is 0 Å². The predicted octanol–water partition coefficient (Wildman–Crippen LogP) is 2.92. The molecule has 0 saturated heterocycles. The Morgan fingerprint density at radius 2 is 2.00 bits per heavy atom. The molecule has 0 aromatic heterocycles. The van der Waals surface area contributed by atoms with Crippen molar-refractivity contribution in [2.24, 2.45) is 5.73 Å². The number of allylic oxidation sites excluding steroid dienone is 1. The summed E-state index contributed by atoms with van der Waals surface area (Å²) in [5.41, 5.74) is 8.51. The zero-order valence-corrected chi connectivity index (χ0v) is 10.2. The van der Waals surface area contributed by atoms with E-state index in [0.29, 0.717) is 0 Å². The van der Waals surface area contributed by atoms with Crippen molar-refractivity contribution in [1.82, 2.24) is 0 Å². The van der Waals surface area contributed by atoms with Gasteiger partial charge < -0.3 is 10.5 Å². The number of hydrogen-bond donors (Lipinski definition) is 1. The molecule has 16 heavy (non-hydrogen) atoms. The monoisotopic (exact) mass is 219 g/mol. The van der Waals surface area contributed by atoms with Crippen LogP contribution in [0.2, 0.25) is 0 Å². The zero-order valence-electron chi connectivity index (χ0n) is 10.2. The smallest absolute Gasteiger partial charge is 0.118 e. The van der Waals surface area contributed by atoms with Crippen LogP contribution >= 0.6 is 0 Å². The van der Waals surface area contributed by atoms with E-state index in [1.165, 1.54) is 11.1 Å². The lowest BCUT2D eigenvalue weighted by molar-refractivity contribution is 0.414. The molecule has 2 heteroatoms. The summed E-state index contributed by atoms with van der Waals surface area (Å²) >= 11 is 0. The van der Waals surface area contributed by atoms with Crippen molar-refractivity contribution in [1.29, 1.82) is 0 Å². The highest BCUT2D eigenvalue weighted by Crippen LogP contribution is 2.14. The van der Waals surface area contributed by atoms with Crippen molar-refractivity contribution in [2.45, 2.75) is 32.2 Å². The van der Waals surface area contributed by atoms with Gasteiger partial charge in [-0.3, -0.25) is 0 Å². The standard InChI is InChI=1S/C14H21NO/c1-11(2)4-7-13(15)10-12-5-8-14(16-3)9-6-12/h5-6,8-9,13H,1,4,7,10,15H2,2-3H3. The van der Waals surface area contributed by atoms with Crippen LogP contribution in [0, 0.1) is 0 Å². The van der Waals surface area contributed by atoms with Crippen molar-refractivity contribution in [3.8, 4) is 5.75 Å². The Bertz CT molecular complexity index is 329. The molecule has 1 unspecified atom stereocenters.